The highest BCUT2D eigenvalue weighted by Gasteiger charge is 2.54. The average molecular weight is 213 g/mol. The van der Waals surface area contributed by atoms with Gasteiger partial charge in [-0.3, -0.25) is 0 Å². The summed E-state index contributed by atoms with van der Waals surface area (Å²) in [6.07, 6.45) is 1.12. The lowest BCUT2D eigenvalue weighted by Crippen LogP contribution is -2.39. The fourth-order valence-electron chi connectivity index (χ4n) is 2.38. The quantitative estimate of drug-likeness (QED) is 0.690. The number of rotatable bonds is 1. The molecular formula is C11H19NO3. The molecule has 0 unspecified atom stereocenters. The predicted molar refractivity (Wildman–Crippen MR) is 55.4 cm³/mol. The molecule has 4 heteroatoms. The summed E-state index contributed by atoms with van der Waals surface area (Å²) in [5, 5.41) is 12.4. The molecule has 0 aromatic carbocycles. The molecule has 4 nitrogen and oxygen atoms in total. The van der Waals surface area contributed by atoms with Crippen LogP contribution in [0.1, 0.15) is 33.6 Å². The van der Waals surface area contributed by atoms with Crippen molar-refractivity contribution in [3.63, 3.8) is 0 Å². The van der Waals surface area contributed by atoms with Crippen LogP contribution in [0.4, 0.5) is 4.79 Å². The number of alkyl carbamates (subject to hydrolysis) is 1. The highest BCUT2D eigenvalue weighted by atomic mass is 16.6. The summed E-state index contributed by atoms with van der Waals surface area (Å²) in [6.45, 7) is 5.53. The van der Waals surface area contributed by atoms with Crippen molar-refractivity contribution in [2.45, 2.75) is 51.4 Å². The van der Waals surface area contributed by atoms with Crippen LogP contribution in [0, 0.1) is 11.8 Å². The zero-order valence-electron chi connectivity index (χ0n) is 9.49. The van der Waals surface area contributed by atoms with E-state index in [2.05, 4.69) is 5.32 Å². The lowest BCUT2D eigenvalue weighted by molar-refractivity contribution is 0.0493. The maximum atomic E-state index is 11.5. The summed E-state index contributed by atoms with van der Waals surface area (Å²) in [5.74, 6) is 0.900. The molecule has 2 rings (SSSR count). The fraction of sp³-hybridized carbons (Fsp3) is 0.909. The summed E-state index contributed by atoms with van der Waals surface area (Å²) in [6, 6.07) is 0.111. The van der Waals surface area contributed by atoms with Gasteiger partial charge in [-0.25, -0.2) is 4.79 Å². The van der Waals surface area contributed by atoms with Gasteiger partial charge in [-0.2, -0.15) is 0 Å². The lowest BCUT2D eigenvalue weighted by atomic mass is 10.1. The Kier molecular flexibility index (Phi) is 2.41. The first kappa shape index (κ1) is 10.7. The molecule has 15 heavy (non-hydrogen) atoms. The minimum Gasteiger partial charge on any atom is -0.444 e. The van der Waals surface area contributed by atoms with E-state index < -0.39 is 5.60 Å². The first-order valence-corrected chi connectivity index (χ1v) is 5.54. The van der Waals surface area contributed by atoms with Crippen molar-refractivity contribution in [2.75, 3.05) is 0 Å². The molecule has 2 saturated carbocycles. The Bertz CT molecular complexity index is 271. The monoisotopic (exact) mass is 213 g/mol. The standard InChI is InChI=1S/C11H19NO3/c1-11(2,3)15-10(14)12-8-5-9(13)7-4-6(7)8/h6-9,13H,4-5H2,1-3H3,(H,12,14)/t6-,7+,8-,9+/m0/s1. The Balaban J connectivity index is 1.80. The molecule has 86 valence electrons. The Morgan fingerprint density at radius 1 is 1.33 bits per heavy atom. The first-order valence-electron chi connectivity index (χ1n) is 5.54. The third kappa shape index (κ3) is 2.43. The van der Waals surface area contributed by atoms with Crippen molar-refractivity contribution in [3.8, 4) is 0 Å². The van der Waals surface area contributed by atoms with Gasteiger partial charge >= 0.3 is 6.09 Å². The van der Waals surface area contributed by atoms with E-state index in [-0.39, 0.29) is 18.2 Å². The smallest absolute Gasteiger partial charge is 0.407 e. The number of carbonyl (C=O) groups excluding carboxylic acids is 1. The van der Waals surface area contributed by atoms with E-state index in [9.17, 15) is 9.90 Å². The van der Waals surface area contributed by atoms with E-state index in [1.807, 2.05) is 20.8 Å². The number of fused-ring (bicyclic) bond motifs is 1. The van der Waals surface area contributed by atoms with Gasteiger partial charge in [0.1, 0.15) is 5.60 Å². The van der Waals surface area contributed by atoms with E-state index in [0.29, 0.717) is 18.3 Å². The molecule has 0 heterocycles. The van der Waals surface area contributed by atoms with Crippen molar-refractivity contribution >= 4 is 6.09 Å². The van der Waals surface area contributed by atoms with E-state index in [1.54, 1.807) is 0 Å². The number of aliphatic hydroxyl groups excluding tert-OH is 1. The van der Waals surface area contributed by atoms with Crippen LogP contribution in [0.15, 0.2) is 0 Å². The molecule has 2 N–H and O–H groups in total. The Hall–Kier alpha value is -0.770. The number of nitrogens with one attached hydrogen (secondary N) is 1. The minimum absolute atomic E-state index is 0.111. The van der Waals surface area contributed by atoms with Crippen LogP contribution in [0.5, 0.6) is 0 Å². The summed E-state index contributed by atoms with van der Waals surface area (Å²) in [4.78, 5) is 11.5. The molecule has 0 spiro atoms. The number of ether oxygens (including phenoxy) is 1. The average Bonchev–Trinajstić information content (AvgIpc) is 2.71. The SMILES string of the molecule is CC(C)(C)OC(=O)N[C@H]1C[C@@H](O)[C@@H]2C[C@@H]21. The van der Waals surface area contributed by atoms with Crippen molar-refractivity contribution in [1.29, 1.82) is 0 Å². The molecule has 1 amide bonds. The molecule has 0 aromatic heterocycles. The van der Waals surface area contributed by atoms with Crippen LogP contribution in [0.2, 0.25) is 0 Å². The van der Waals surface area contributed by atoms with Gasteiger partial charge in [-0.05, 0) is 45.4 Å². The molecular weight excluding hydrogens is 194 g/mol. The van der Waals surface area contributed by atoms with Crippen LogP contribution in [0.25, 0.3) is 0 Å². The maximum absolute atomic E-state index is 11.5. The minimum atomic E-state index is -0.454. The summed E-state index contributed by atoms with van der Waals surface area (Å²) >= 11 is 0. The topological polar surface area (TPSA) is 58.6 Å². The molecule has 0 radical (unpaired) electrons. The Morgan fingerprint density at radius 3 is 2.40 bits per heavy atom. The number of hydrogen-bond donors (Lipinski definition) is 2. The van der Waals surface area contributed by atoms with Gasteiger partial charge in [0, 0.05) is 6.04 Å². The van der Waals surface area contributed by atoms with Gasteiger partial charge in [0.15, 0.2) is 0 Å². The van der Waals surface area contributed by atoms with Crippen LogP contribution in [0.3, 0.4) is 0 Å². The molecule has 0 aliphatic heterocycles. The van der Waals surface area contributed by atoms with Crippen molar-refractivity contribution in [2.24, 2.45) is 11.8 Å². The van der Waals surface area contributed by atoms with Gasteiger partial charge < -0.3 is 15.2 Å². The molecule has 0 bridgehead atoms. The van der Waals surface area contributed by atoms with E-state index in [1.165, 1.54) is 0 Å². The molecule has 2 fully saturated rings. The van der Waals surface area contributed by atoms with Crippen LogP contribution in [-0.2, 0) is 4.74 Å². The second-order valence-corrected chi connectivity index (χ2v) is 5.62. The van der Waals surface area contributed by atoms with Gasteiger partial charge in [0.2, 0.25) is 0 Å². The van der Waals surface area contributed by atoms with Crippen molar-refractivity contribution in [1.82, 2.24) is 5.32 Å². The number of carbonyl (C=O) groups is 1. The Morgan fingerprint density at radius 2 is 2.00 bits per heavy atom. The Labute approximate surface area is 90.0 Å². The van der Waals surface area contributed by atoms with Crippen LogP contribution < -0.4 is 5.32 Å². The van der Waals surface area contributed by atoms with E-state index >= 15 is 0 Å². The summed E-state index contributed by atoms with van der Waals surface area (Å²) in [7, 11) is 0. The van der Waals surface area contributed by atoms with Crippen LogP contribution in [-0.4, -0.2) is 28.9 Å². The number of hydrogen-bond acceptors (Lipinski definition) is 3. The first-order chi connectivity index (χ1) is 6.87. The highest BCUT2D eigenvalue weighted by Crippen LogP contribution is 2.51. The summed E-state index contributed by atoms with van der Waals surface area (Å²) in [5.41, 5.74) is -0.454. The van der Waals surface area contributed by atoms with Gasteiger partial charge in [0.25, 0.3) is 0 Å². The van der Waals surface area contributed by atoms with E-state index in [0.717, 1.165) is 6.42 Å². The molecule has 2 aliphatic rings. The fourth-order valence-corrected chi connectivity index (χ4v) is 2.38. The van der Waals surface area contributed by atoms with Gasteiger partial charge in [0.05, 0.1) is 6.10 Å². The normalized spacial score (nSPS) is 38.4. The number of aliphatic hydroxyl groups is 1. The maximum Gasteiger partial charge on any atom is 0.407 e. The second-order valence-electron chi connectivity index (χ2n) is 5.62. The zero-order chi connectivity index (χ0) is 11.2. The molecule has 0 saturated heterocycles. The highest BCUT2D eigenvalue weighted by molar-refractivity contribution is 5.68. The molecule has 0 aromatic rings. The number of amides is 1. The second kappa shape index (κ2) is 3.37. The predicted octanol–water partition coefficient (Wildman–Crippen LogP) is 1.28. The zero-order valence-corrected chi connectivity index (χ0v) is 9.49. The lowest BCUT2D eigenvalue weighted by Gasteiger charge is -2.22. The summed E-state index contributed by atoms with van der Waals surface area (Å²) < 4.78 is 5.17. The van der Waals surface area contributed by atoms with Crippen molar-refractivity contribution in [3.05, 3.63) is 0 Å². The van der Waals surface area contributed by atoms with Gasteiger partial charge in [-0.15, -0.1) is 0 Å². The molecule has 4 atom stereocenters. The van der Waals surface area contributed by atoms with Crippen molar-refractivity contribution < 1.29 is 14.6 Å². The van der Waals surface area contributed by atoms with Gasteiger partial charge in [-0.1, -0.05) is 0 Å². The third-order valence-corrected chi connectivity index (χ3v) is 3.10. The third-order valence-electron chi connectivity index (χ3n) is 3.10. The largest absolute Gasteiger partial charge is 0.444 e. The molecule has 2 aliphatic carbocycles. The van der Waals surface area contributed by atoms with Crippen LogP contribution >= 0.6 is 0 Å². The van der Waals surface area contributed by atoms with E-state index in [4.69, 9.17) is 4.74 Å².